The Morgan fingerprint density at radius 3 is 1.61 bits per heavy atom. The van der Waals surface area contributed by atoms with Crippen molar-refractivity contribution in [1.82, 2.24) is 0 Å². The molecule has 0 spiro atoms. The molecule has 7 nitrogen and oxygen atoms in total. The van der Waals surface area contributed by atoms with Crippen LogP contribution >= 0.6 is 0 Å². The first-order chi connectivity index (χ1) is 14.2. The molecule has 0 atom stereocenters. The van der Waals surface area contributed by atoms with Gasteiger partial charge in [0.2, 0.25) is 11.8 Å². The van der Waals surface area contributed by atoms with Gasteiger partial charge in [-0.05, 0) is 36.4 Å². The third-order valence-electron chi connectivity index (χ3n) is 3.72. The summed E-state index contributed by atoms with van der Waals surface area (Å²) in [6.07, 6.45) is -10.2. The van der Waals surface area contributed by atoms with Gasteiger partial charge in [0.05, 0.1) is 11.1 Å². The lowest BCUT2D eigenvalue weighted by molar-refractivity contribution is -0.143. The molecule has 2 rings (SSSR count). The molecule has 3 amide bonds. The molecule has 0 aliphatic carbocycles. The monoisotopic (exact) mass is 449 g/mol. The first-order valence-electron chi connectivity index (χ1n) is 8.13. The van der Waals surface area contributed by atoms with Crippen LogP contribution in [0.1, 0.15) is 31.8 Å². The smallest absolute Gasteiger partial charge is 0.416 e. The molecule has 0 saturated heterocycles. The molecule has 0 aliphatic rings. The third-order valence-corrected chi connectivity index (χ3v) is 3.72. The van der Waals surface area contributed by atoms with Crippen LogP contribution < -0.4 is 21.5 Å². The number of nitrogens with one attached hydrogen (secondary N) is 1. The van der Waals surface area contributed by atoms with Crippen molar-refractivity contribution < 1.29 is 45.5 Å². The first kappa shape index (κ1) is 23.5. The fourth-order valence-corrected chi connectivity index (χ4v) is 2.34. The van der Waals surface area contributed by atoms with Gasteiger partial charge in [0.15, 0.2) is 6.61 Å². The number of hydrogen-bond acceptors (Lipinski definition) is 4. The van der Waals surface area contributed by atoms with Crippen LogP contribution in [0, 0.1) is 0 Å². The van der Waals surface area contributed by atoms with Crippen LogP contribution in [0.5, 0.6) is 5.75 Å². The van der Waals surface area contributed by atoms with E-state index in [1.165, 1.54) is 0 Å². The second-order valence-corrected chi connectivity index (χ2v) is 6.11. The highest BCUT2D eigenvalue weighted by Crippen LogP contribution is 2.38. The van der Waals surface area contributed by atoms with Crippen molar-refractivity contribution in [3.05, 3.63) is 58.7 Å². The normalized spacial score (nSPS) is 11.7. The lowest BCUT2D eigenvalue weighted by atomic mass is 10.1. The average Bonchev–Trinajstić information content (AvgIpc) is 2.64. The fraction of sp³-hybridized carbons (Fsp3) is 0.167. The second-order valence-electron chi connectivity index (χ2n) is 6.11. The maximum absolute atomic E-state index is 12.9. The summed E-state index contributed by atoms with van der Waals surface area (Å²) in [6, 6.07) is 3.76. The molecular formula is C18H13F6N3O4. The Morgan fingerprint density at radius 1 is 0.774 bits per heavy atom. The van der Waals surface area contributed by atoms with Crippen LogP contribution in [0.3, 0.4) is 0 Å². The lowest BCUT2D eigenvalue weighted by Gasteiger charge is -2.15. The van der Waals surface area contributed by atoms with Gasteiger partial charge in [-0.25, -0.2) is 0 Å². The Balaban J connectivity index is 2.21. The van der Waals surface area contributed by atoms with E-state index in [0.717, 1.165) is 18.2 Å². The molecular weight excluding hydrogens is 436 g/mol. The molecule has 0 bridgehead atoms. The Kier molecular flexibility index (Phi) is 6.47. The van der Waals surface area contributed by atoms with Crippen LogP contribution in [0.2, 0.25) is 0 Å². The summed E-state index contributed by atoms with van der Waals surface area (Å²) in [5, 5.41) is 2.17. The maximum atomic E-state index is 12.9. The average molecular weight is 449 g/mol. The molecule has 13 heteroatoms. The van der Waals surface area contributed by atoms with E-state index >= 15 is 0 Å². The molecule has 0 heterocycles. The summed E-state index contributed by atoms with van der Waals surface area (Å²) >= 11 is 0. The van der Waals surface area contributed by atoms with E-state index in [-0.39, 0.29) is 22.9 Å². The van der Waals surface area contributed by atoms with Crippen molar-refractivity contribution in [3.8, 4) is 5.75 Å². The number of amides is 3. The van der Waals surface area contributed by atoms with Gasteiger partial charge in [0.1, 0.15) is 5.75 Å². The molecule has 0 saturated carbocycles. The number of alkyl halides is 6. The van der Waals surface area contributed by atoms with E-state index in [1.807, 2.05) is 0 Å². The van der Waals surface area contributed by atoms with E-state index in [9.17, 15) is 40.7 Å². The number of hydrogen-bond donors (Lipinski definition) is 3. The molecule has 31 heavy (non-hydrogen) atoms. The minimum Gasteiger partial charge on any atom is -0.484 e. The Morgan fingerprint density at radius 2 is 1.23 bits per heavy atom. The van der Waals surface area contributed by atoms with E-state index in [1.54, 1.807) is 0 Å². The fourth-order valence-electron chi connectivity index (χ4n) is 2.34. The van der Waals surface area contributed by atoms with Gasteiger partial charge in [-0.3, -0.25) is 14.4 Å². The number of ether oxygens (including phenoxy) is 1. The number of carbonyl (C=O) groups is 3. The van der Waals surface area contributed by atoms with Gasteiger partial charge in [-0.2, -0.15) is 26.3 Å². The SMILES string of the molecule is NC(=O)c1cc(NC(=O)COc2cc(C(F)(F)F)cc(C(F)(F)F)c2)cc(C(N)=O)c1. The second kappa shape index (κ2) is 8.53. The summed E-state index contributed by atoms with van der Waals surface area (Å²) in [6.45, 7) is -0.981. The van der Waals surface area contributed by atoms with Gasteiger partial charge in [-0.1, -0.05) is 0 Å². The topological polar surface area (TPSA) is 125 Å². The molecule has 0 aliphatic heterocycles. The quantitative estimate of drug-likeness (QED) is 0.587. The number of anilines is 1. The van der Waals surface area contributed by atoms with Crippen molar-refractivity contribution in [1.29, 1.82) is 0 Å². The number of carbonyl (C=O) groups excluding carboxylic acids is 3. The van der Waals surface area contributed by atoms with Crippen molar-refractivity contribution >= 4 is 23.4 Å². The highest BCUT2D eigenvalue weighted by atomic mass is 19.4. The summed E-state index contributed by atoms with van der Waals surface area (Å²) in [7, 11) is 0. The minimum absolute atomic E-state index is 0.0897. The summed E-state index contributed by atoms with van der Waals surface area (Å²) in [5.41, 5.74) is 6.49. The highest BCUT2D eigenvalue weighted by Gasteiger charge is 2.37. The van der Waals surface area contributed by atoms with Crippen molar-refractivity contribution in [2.24, 2.45) is 11.5 Å². The van der Waals surface area contributed by atoms with Crippen molar-refractivity contribution in [3.63, 3.8) is 0 Å². The molecule has 2 aromatic rings. The van der Waals surface area contributed by atoms with Gasteiger partial charge in [0, 0.05) is 16.8 Å². The highest BCUT2D eigenvalue weighted by molar-refractivity contribution is 6.01. The molecule has 5 N–H and O–H groups in total. The molecule has 0 fully saturated rings. The number of halogens is 6. The predicted octanol–water partition coefficient (Wildman–Crippen LogP) is 2.94. The van der Waals surface area contributed by atoms with Gasteiger partial charge < -0.3 is 21.5 Å². The zero-order chi connectivity index (χ0) is 23.6. The Labute approximate surface area is 169 Å². The number of benzene rings is 2. The van der Waals surface area contributed by atoms with Crippen LogP contribution in [0.4, 0.5) is 32.0 Å². The molecule has 0 radical (unpaired) electrons. The summed E-state index contributed by atoms with van der Waals surface area (Å²) in [4.78, 5) is 34.6. The summed E-state index contributed by atoms with van der Waals surface area (Å²) < 4.78 is 81.9. The van der Waals surface area contributed by atoms with E-state index in [4.69, 9.17) is 16.2 Å². The number of rotatable bonds is 6. The zero-order valence-corrected chi connectivity index (χ0v) is 15.2. The number of nitrogens with two attached hydrogens (primary N) is 2. The van der Waals surface area contributed by atoms with Crippen LogP contribution in [-0.4, -0.2) is 24.3 Å². The molecule has 166 valence electrons. The lowest BCUT2D eigenvalue weighted by Crippen LogP contribution is -2.22. The van der Waals surface area contributed by atoms with Gasteiger partial charge >= 0.3 is 12.4 Å². The van der Waals surface area contributed by atoms with Gasteiger partial charge in [-0.15, -0.1) is 0 Å². The van der Waals surface area contributed by atoms with Crippen molar-refractivity contribution in [2.75, 3.05) is 11.9 Å². The molecule has 0 aromatic heterocycles. The minimum atomic E-state index is -5.08. The first-order valence-corrected chi connectivity index (χ1v) is 8.13. The van der Waals surface area contributed by atoms with Crippen molar-refractivity contribution in [2.45, 2.75) is 12.4 Å². The van der Waals surface area contributed by atoms with Crippen LogP contribution in [0.25, 0.3) is 0 Å². The molecule has 0 unspecified atom stereocenters. The largest absolute Gasteiger partial charge is 0.484 e. The zero-order valence-electron chi connectivity index (χ0n) is 15.2. The molecule has 2 aromatic carbocycles. The van der Waals surface area contributed by atoms with E-state index in [0.29, 0.717) is 12.1 Å². The standard InChI is InChI=1S/C18H13F6N3O4/c19-17(20,21)10-4-11(18(22,23)24)6-13(5-10)31-7-14(28)27-12-2-8(15(25)29)1-9(3-12)16(26)30/h1-6H,7H2,(H2,25,29)(H2,26,30)(H,27,28). The summed E-state index contributed by atoms with van der Waals surface area (Å²) in [5.74, 6) is -3.75. The Hall–Kier alpha value is -3.77. The van der Waals surface area contributed by atoms with E-state index in [2.05, 4.69) is 5.32 Å². The maximum Gasteiger partial charge on any atom is 0.416 e. The van der Waals surface area contributed by atoms with Crippen LogP contribution in [0.15, 0.2) is 36.4 Å². The third kappa shape index (κ3) is 6.35. The van der Waals surface area contributed by atoms with Crippen LogP contribution in [-0.2, 0) is 17.1 Å². The number of primary amides is 2. The predicted molar refractivity (Wildman–Crippen MR) is 94.0 cm³/mol. The Bertz CT molecular complexity index is 969. The van der Waals surface area contributed by atoms with Gasteiger partial charge in [0.25, 0.3) is 5.91 Å². The van der Waals surface area contributed by atoms with E-state index < -0.39 is 53.6 Å².